The Morgan fingerprint density at radius 1 is 0.933 bits per heavy atom. The maximum atomic E-state index is 11.0. The van der Waals surface area contributed by atoms with E-state index < -0.39 is 0 Å². The molecule has 4 aromatic rings. The molecule has 1 N–H and O–H groups in total. The molecule has 0 aliphatic heterocycles. The van der Waals surface area contributed by atoms with Gasteiger partial charge in [-0.15, -0.1) is 0 Å². The number of anilines is 1. The van der Waals surface area contributed by atoms with Crippen LogP contribution < -0.4 is 4.90 Å². The van der Waals surface area contributed by atoms with E-state index in [-0.39, 0.29) is 11.3 Å². The van der Waals surface area contributed by atoms with Crippen LogP contribution in [-0.4, -0.2) is 33.6 Å². The zero-order valence-electron chi connectivity index (χ0n) is 18.4. The second kappa shape index (κ2) is 7.17. The van der Waals surface area contributed by atoms with Crippen molar-refractivity contribution in [3.63, 3.8) is 0 Å². The molecule has 2 aromatic carbocycles. The number of rotatable bonds is 3. The minimum atomic E-state index is -0.285. The van der Waals surface area contributed by atoms with E-state index in [1.807, 2.05) is 32.4 Å². The summed E-state index contributed by atoms with van der Waals surface area (Å²) in [6.07, 6.45) is 1.87. The lowest BCUT2D eigenvalue weighted by atomic mass is 9.92. The highest BCUT2D eigenvalue weighted by atomic mass is 16.3. The zero-order chi connectivity index (χ0) is 21.6. The molecular formula is C25H28N4O. The first-order valence-corrected chi connectivity index (χ1v) is 10.1. The van der Waals surface area contributed by atoms with Crippen molar-refractivity contribution in [3.8, 4) is 28.4 Å². The fourth-order valence-corrected chi connectivity index (χ4v) is 3.63. The molecule has 4 rings (SSSR count). The van der Waals surface area contributed by atoms with E-state index in [0.29, 0.717) is 11.3 Å². The molecule has 0 saturated carbocycles. The van der Waals surface area contributed by atoms with E-state index in [1.54, 1.807) is 4.40 Å². The molecule has 5 heteroatoms. The van der Waals surface area contributed by atoms with E-state index in [4.69, 9.17) is 9.97 Å². The maximum absolute atomic E-state index is 11.0. The van der Waals surface area contributed by atoms with Crippen LogP contribution in [0, 0.1) is 6.92 Å². The number of aryl methyl sites for hydroxylation is 1. The van der Waals surface area contributed by atoms with Crippen molar-refractivity contribution in [2.45, 2.75) is 33.1 Å². The van der Waals surface area contributed by atoms with Crippen LogP contribution in [0.15, 0.2) is 54.7 Å². The van der Waals surface area contributed by atoms with Gasteiger partial charge in [-0.05, 0) is 24.6 Å². The van der Waals surface area contributed by atoms with Gasteiger partial charge in [-0.2, -0.15) is 0 Å². The van der Waals surface area contributed by atoms with Gasteiger partial charge in [0.2, 0.25) is 5.88 Å². The molecule has 2 aromatic heterocycles. The molecular weight excluding hydrogens is 372 g/mol. The number of hydrogen-bond acceptors (Lipinski definition) is 4. The summed E-state index contributed by atoms with van der Waals surface area (Å²) in [4.78, 5) is 11.9. The van der Waals surface area contributed by atoms with Crippen molar-refractivity contribution in [3.05, 3.63) is 66.0 Å². The molecule has 0 fully saturated rings. The molecule has 0 aliphatic carbocycles. The lowest BCUT2D eigenvalue weighted by molar-refractivity contribution is 0.421. The number of imidazole rings is 1. The molecule has 0 saturated heterocycles. The third-order valence-electron chi connectivity index (χ3n) is 5.37. The average Bonchev–Trinajstić information content (AvgIpc) is 3.05. The van der Waals surface area contributed by atoms with Gasteiger partial charge in [0.05, 0.1) is 5.69 Å². The Bertz CT molecular complexity index is 1210. The molecule has 0 unspecified atom stereocenters. The van der Waals surface area contributed by atoms with Crippen molar-refractivity contribution in [2.75, 3.05) is 19.0 Å². The quantitative estimate of drug-likeness (QED) is 0.497. The number of aromatic hydroxyl groups is 1. The summed E-state index contributed by atoms with van der Waals surface area (Å²) in [6, 6.07) is 16.4. The first kappa shape index (κ1) is 20.0. The van der Waals surface area contributed by atoms with Gasteiger partial charge in [0.1, 0.15) is 11.4 Å². The Labute approximate surface area is 177 Å². The lowest BCUT2D eigenvalue weighted by Gasteiger charge is -2.14. The van der Waals surface area contributed by atoms with Crippen molar-refractivity contribution < 1.29 is 5.11 Å². The Morgan fingerprint density at radius 2 is 1.60 bits per heavy atom. The zero-order valence-corrected chi connectivity index (χ0v) is 18.4. The van der Waals surface area contributed by atoms with Crippen LogP contribution >= 0.6 is 0 Å². The van der Waals surface area contributed by atoms with Crippen molar-refractivity contribution >= 4 is 11.3 Å². The van der Waals surface area contributed by atoms with Crippen LogP contribution in [0.5, 0.6) is 5.88 Å². The topological polar surface area (TPSA) is 53.7 Å². The maximum Gasteiger partial charge on any atom is 0.219 e. The minimum absolute atomic E-state index is 0.167. The van der Waals surface area contributed by atoms with E-state index in [2.05, 4.69) is 69.0 Å². The lowest BCUT2D eigenvalue weighted by Crippen LogP contribution is -2.11. The van der Waals surface area contributed by atoms with Gasteiger partial charge in [0.15, 0.2) is 5.65 Å². The van der Waals surface area contributed by atoms with E-state index >= 15 is 0 Å². The van der Waals surface area contributed by atoms with E-state index in [0.717, 1.165) is 33.8 Å². The SMILES string of the molecule is Cc1ccccc1-c1nc(-c2ccc(N(C)C)cc2)cn2c(O)c(C(C)(C)C)nc12. The highest BCUT2D eigenvalue weighted by Gasteiger charge is 2.26. The molecule has 5 nitrogen and oxygen atoms in total. The number of fused-ring (bicyclic) bond motifs is 1. The molecule has 30 heavy (non-hydrogen) atoms. The summed E-state index contributed by atoms with van der Waals surface area (Å²) in [7, 11) is 4.04. The van der Waals surface area contributed by atoms with Crippen LogP contribution in [0.1, 0.15) is 32.0 Å². The first-order chi connectivity index (χ1) is 14.2. The van der Waals surface area contributed by atoms with Gasteiger partial charge < -0.3 is 10.0 Å². The second-order valence-electron chi connectivity index (χ2n) is 8.96. The van der Waals surface area contributed by atoms with Gasteiger partial charge in [0, 0.05) is 42.5 Å². The smallest absolute Gasteiger partial charge is 0.219 e. The summed E-state index contributed by atoms with van der Waals surface area (Å²) in [5.74, 6) is 0.167. The summed E-state index contributed by atoms with van der Waals surface area (Å²) in [5.41, 5.74) is 6.85. The van der Waals surface area contributed by atoms with Crippen LogP contribution in [0.25, 0.3) is 28.2 Å². The Balaban J connectivity index is 2.01. The predicted octanol–water partition coefficient (Wildman–Crippen LogP) is 5.44. The normalized spacial score (nSPS) is 11.8. The standard InChI is InChI=1S/C25H28N4O/c1-16-9-7-8-10-19(16)21-23-27-22(25(2,3)4)24(30)29(23)15-20(26-21)17-11-13-18(14-12-17)28(5)6/h7-15,30H,1-6H3. The van der Waals surface area contributed by atoms with Crippen LogP contribution in [0.3, 0.4) is 0 Å². The fourth-order valence-electron chi connectivity index (χ4n) is 3.63. The Morgan fingerprint density at radius 3 is 2.20 bits per heavy atom. The van der Waals surface area contributed by atoms with E-state index in [9.17, 15) is 5.11 Å². The number of benzene rings is 2. The molecule has 2 heterocycles. The highest BCUT2D eigenvalue weighted by Crippen LogP contribution is 2.36. The van der Waals surface area contributed by atoms with Gasteiger partial charge in [-0.1, -0.05) is 57.2 Å². The average molecular weight is 401 g/mol. The monoisotopic (exact) mass is 400 g/mol. The van der Waals surface area contributed by atoms with Gasteiger partial charge >= 0.3 is 0 Å². The molecule has 0 atom stereocenters. The van der Waals surface area contributed by atoms with Gasteiger partial charge in [-0.25, -0.2) is 9.97 Å². The summed E-state index contributed by atoms with van der Waals surface area (Å²) < 4.78 is 1.77. The van der Waals surface area contributed by atoms with Crippen molar-refractivity contribution in [2.24, 2.45) is 0 Å². The number of nitrogens with zero attached hydrogens (tertiary/aromatic N) is 4. The third kappa shape index (κ3) is 3.41. The van der Waals surface area contributed by atoms with Gasteiger partial charge in [-0.3, -0.25) is 4.40 Å². The van der Waals surface area contributed by atoms with Crippen LogP contribution in [-0.2, 0) is 5.41 Å². The molecule has 0 spiro atoms. The first-order valence-electron chi connectivity index (χ1n) is 10.1. The fraction of sp³-hybridized carbons (Fsp3) is 0.280. The largest absolute Gasteiger partial charge is 0.493 e. The summed E-state index contributed by atoms with van der Waals surface area (Å²) in [6.45, 7) is 8.22. The van der Waals surface area contributed by atoms with E-state index in [1.165, 1.54) is 0 Å². The summed E-state index contributed by atoms with van der Waals surface area (Å²) in [5, 5.41) is 11.0. The highest BCUT2D eigenvalue weighted by molar-refractivity contribution is 5.80. The summed E-state index contributed by atoms with van der Waals surface area (Å²) >= 11 is 0. The molecule has 0 bridgehead atoms. The van der Waals surface area contributed by atoms with Crippen LogP contribution in [0.4, 0.5) is 5.69 Å². The number of hydrogen-bond donors (Lipinski definition) is 1. The molecule has 0 amide bonds. The predicted molar refractivity (Wildman–Crippen MR) is 123 cm³/mol. The molecule has 0 aliphatic rings. The molecule has 154 valence electrons. The van der Waals surface area contributed by atoms with Crippen LogP contribution in [0.2, 0.25) is 0 Å². The number of aromatic nitrogens is 3. The Kier molecular flexibility index (Phi) is 4.77. The Hall–Kier alpha value is -3.34. The van der Waals surface area contributed by atoms with Crippen molar-refractivity contribution in [1.29, 1.82) is 0 Å². The second-order valence-corrected chi connectivity index (χ2v) is 8.96. The third-order valence-corrected chi connectivity index (χ3v) is 5.37. The minimum Gasteiger partial charge on any atom is -0.493 e. The van der Waals surface area contributed by atoms with Gasteiger partial charge in [0.25, 0.3) is 0 Å². The molecule has 0 radical (unpaired) electrons. The van der Waals surface area contributed by atoms with Crippen molar-refractivity contribution in [1.82, 2.24) is 14.4 Å².